The summed E-state index contributed by atoms with van der Waals surface area (Å²) in [5.41, 5.74) is -0.631. The molecule has 1 amide bonds. The maximum absolute atomic E-state index is 12.8. The van der Waals surface area contributed by atoms with Gasteiger partial charge >= 0.3 is 6.18 Å². The normalized spacial score (nSPS) is 19.7. The molecule has 1 aromatic carbocycles. The van der Waals surface area contributed by atoms with Crippen LogP contribution in [0.15, 0.2) is 22.7 Å². The van der Waals surface area contributed by atoms with Crippen LogP contribution in [0.3, 0.4) is 0 Å². The fourth-order valence-electron chi connectivity index (χ4n) is 2.14. The van der Waals surface area contributed by atoms with Gasteiger partial charge in [0.25, 0.3) is 0 Å². The minimum Gasteiger partial charge on any atom is -0.326 e. The molecule has 1 atom stereocenters. The van der Waals surface area contributed by atoms with Gasteiger partial charge < -0.3 is 10.6 Å². The molecule has 2 rings (SSSR count). The molecule has 0 bridgehead atoms. The second kappa shape index (κ2) is 6.13. The van der Waals surface area contributed by atoms with E-state index in [9.17, 15) is 18.0 Å². The molecule has 1 aliphatic heterocycles. The monoisotopic (exact) mass is 350 g/mol. The molecule has 0 aliphatic carbocycles. The summed E-state index contributed by atoms with van der Waals surface area (Å²) in [5.74, 6) is -0.436. The van der Waals surface area contributed by atoms with Gasteiger partial charge in [-0.25, -0.2) is 0 Å². The van der Waals surface area contributed by atoms with E-state index in [0.717, 1.165) is 25.5 Å². The van der Waals surface area contributed by atoms with Crippen LogP contribution in [-0.4, -0.2) is 19.0 Å². The van der Waals surface area contributed by atoms with Gasteiger partial charge in [-0.2, -0.15) is 13.2 Å². The number of hydrogen-bond acceptors (Lipinski definition) is 2. The third-order valence-corrected chi connectivity index (χ3v) is 3.90. The van der Waals surface area contributed by atoms with Crippen molar-refractivity contribution in [3.63, 3.8) is 0 Å². The Hall–Kier alpha value is -1.08. The highest BCUT2D eigenvalue weighted by Crippen LogP contribution is 2.36. The molecule has 0 radical (unpaired) electrons. The quantitative estimate of drug-likeness (QED) is 0.858. The van der Waals surface area contributed by atoms with E-state index in [0.29, 0.717) is 6.54 Å². The fourth-order valence-corrected chi connectivity index (χ4v) is 2.61. The van der Waals surface area contributed by atoms with Gasteiger partial charge in [-0.05, 0) is 37.6 Å². The number of halogens is 4. The van der Waals surface area contributed by atoms with Crippen molar-refractivity contribution in [1.82, 2.24) is 5.32 Å². The van der Waals surface area contributed by atoms with Crippen LogP contribution in [0, 0.1) is 5.92 Å². The average molecular weight is 351 g/mol. The highest BCUT2D eigenvalue weighted by molar-refractivity contribution is 9.10. The lowest BCUT2D eigenvalue weighted by Gasteiger charge is -2.22. The zero-order valence-corrected chi connectivity index (χ0v) is 12.1. The van der Waals surface area contributed by atoms with Crippen molar-refractivity contribution in [2.75, 3.05) is 18.4 Å². The van der Waals surface area contributed by atoms with E-state index in [2.05, 4.69) is 26.6 Å². The van der Waals surface area contributed by atoms with Crippen molar-refractivity contribution in [2.45, 2.75) is 19.0 Å². The van der Waals surface area contributed by atoms with Crippen molar-refractivity contribution in [1.29, 1.82) is 0 Å². The summed E-state index contributed by atoms with van der Waals surface area (Å²) in [6.07, 6.45) is -2.81. The van der Waals surface area contributed by atoms with Crippen LogP contribution in [0.25, 0.3) is 0 Å². The molecule has 1 aromatic rings. The molecule has 1 saturated heterocycles. The molecular weight excluding hydrogens is 337 g/mol. The van der Waals surface area contributed by atoms with Gasteiger partial charge in [-0.3, -0.25) is 4.79 Å². The Balaban J connectivity index is 2.11. The lowest BCUT2D eigenvalue weighted by Crippen LogP contribution is -2.37. The van der Waals surface area contributed by atoms with Crippen molar-refractivity contribution >= 4 is 27.5 Å². The van der Waals surface area contributed by atoms with E-state index in [1.54, 1.807) is 0 Å². The molecule has 20 heavy (non-hydrogen) atoms. The lowest BCUT2D eigenvalue weighted by atomic mass is 9.99. The van der Waals surface area contributed by atoms with Crippen LogP contribution in [-0.2, 0) is 11.0 Å². The first-order chi connectivity index (χ1) is 9.38. The summed E-state index contributed by atoms with van der Waals surface area (Å²) >= 11 is 2.87. The standard InChI is InChI=1S/C13H14BrF3N2O/c14-11-4-3-9(6-10(11)13(15,16)17)19-12(20)8-2-1-5-18-7-8/h3-4,6,8,18H,1-2,5,7H2,(H,19,20)/t8-/m1/s1. The van der Waals surface area contributed by atoms with E-state index < -0.39 is 11.7 Å². The zero-order valence-electron chi connectivity index (χ0n) is 10.6. The van der Waals surface area contributed by atoms with Crippen LogP contribution in [0.1, 0.15) is 18.4 Å². The van der Waals surface area contributed by atoms with Crippen molar-refractivity contribution in [3.05, 3.63) is 28.2 Å². The van der Waals surface area contributed by atoms with Gasteiger partial charge in [0.05, 0.1) is 11.5 Å². The summed E-state index contributed by atoms with van der Waals surface area (Å²) in [7, 11) is 0. The van der Waals surface area contributed by atoms with Gasteiger partial charge in [-0.15, -0.1) is 0 Å². The number of piperidine rings is 1. The molecular formula is C13H14BrF3N2O. The molecule has 0 unspecified atom stereocenters. The number of amides is 1. The van der Waals surface area contributed by atoms with E-state index in [1.807, 2.05) is 0 Å². The van der Waals surface area contributed by atoms with Crippen LogP contribution >= 0.6 is 15.9 Å². The second-order valence-electron chi connectivity index (χ2n) is 4.72. The molecule has 2 N–H and O–H groups in total. The third kappa shape index (κ3) is 3.73. The Bertz CT molecular complexity index is 499. The smallest absolute Gasteiger partial charge is 0.326 e. The predicted octanol–water partition coefficient (Wildman–Crippen LogP) is 3.41. The van der Waals surface area contributed by atoms with Crippen molar-refractivity contribution < 1.29 is 18.0 Å². The van der Waals surface area contributed by atoms with E-state index >= 15 is 0 Å². The number of benzene rings is 1. The topological polar surface area (TPSA) is 41.1 Å². The van der Waals surface area contributed by atoms with Gasteiger partial charge in [0.2, 0.25) is 5.91 Å². The van der Waals surface area contributed by atoms with E-state index in [1.165, 1.54) is 12.1 Å². The van der Waals surface area contributed by atoms with Crippen molar-refractivity contribution in [3.8, 4) is 0 Å². The van der Waals surface area contributed by atoms with E-state index in [-0.39, 0.29) is 22.0 Å². The number of anilines is 1. The molecule has 3 nitrogen and oxygen atoms in total. The number of carbonyl (C=O) groups excluding carboxylic acids is 1. The Morgan fingerprint density at radius 2 is 2.15 bits per heavy atom. The summed E-state index contributed by atoms with van der Waals surface area (Å²) in [5, 5.41) is 5.65. The van der Waals surface area contributed by atoms with Crippen LogP contribution in [0.5, 0.6) is 0 Å². The van der Waals surface area contributed by atoms with E-state index in [4.69, 9.17) is 0 Å². The number of carbonyl (C=O) groups is 1. The first-order valence-electron chi connectivity index (χ1n) is 6.26. The molecule has 110 valence electrons. The molecule has 0 spiro atoms. The largest absolute Gasteiger partial charge is 0.417 e. The molecule has 1 heterocycles. The SMILES string of the molecule is O=C(Nc1ccc(Br)c(C(F)(F)F)c1)[C@@H]1CCCNC1. The third-order valence-electron chi connectivity index (χ3n) is 3.21. The molecule has 1 fully saturated rings. The van der Waals surface area contributed by atoms with Gasteiger partial charge in [0, 0.05) is 16.7 Å². The van der Waals surface area contributed by atoms with Crippen molar-refractivity contribution in [2.24, 2.45) is 5.92 Å². The van der Waals surface area contributed by atoms with Crippen LogP contribution in [0.4, 0.5) is 18.9 Å². The Labute approximate surface area is 123 Å². The number of rotatable bonds is 2. The number of nitrogens with one attached hydrogen (secondary N) is 2. The minimum absolute atomic E-state index is 0.0395. The second-order valence-corrected chi connectivity index (χ2v) is 5.58. The van der Waals surface area contributed by atoms with Gasteiger partial charge in [0.15, 0.2) is 0 Å². The van der Waals surface area contributed by atoms with Gasteiger partial charge in [-0.1, -0.05) is 15.9 Å². The summed E-state index contributed by atoms with van der Waals surface area (Å²) in [4.78, 5) is 12.0. The number of hydrogen-bond donors (Lipinski definition) is 2. The molecule has 0 aromatic heterocycles. The molecule has 1 aliphatic rings. The summed E-state index contributed by atoms with van der Waals surface area (Å²) in [6, 6.07) is 3.68. The Kier molecular flexibility index (Phi) is 4.70. The highest BCUT2D eigenvalue weighted by Gasteiger charge is 2.33. The Morgan fingerprint density at radius 3 is 2.75 bits per heavy atom. The summed E-state index contributed by atoms with van der Waals surface area (Å²) < 4.78 is 38.3. The Morgan fingerprint density at radius 1 is 1.40 bits per heavy atom. The first-order valence-corrected chi connectivity index (χ1v) is 7.05. The maximum atomic E-state index is 12.8. The minimum atomic E-state index is -4.45. The highest BCUT2D eigenvalue weighted by atomic mass is 79.9. The first kappa shape index (κ1) is 15.3. The van der Waals surface area contributed by atoms with Crippen LogP contribution in [0.2, 0.25) is 0 Å². The molecule has 0 saturated carbocycles. The van der Waals surface area contributed by atoms with Crippen LogP contribution < -0.4 is 10.6 Å². The predicted molar refractivity (Wildman–Crippen MR) is 73.4 cm³/mol. The average Bonchev–Trinajstić information content (AvgIpc) is 2.40. The number of alkyl halides is 3. The maximum Gasteiger partial charge on any atom is 0.417 e. The van der Waals surface area contributed by atoms with Gasteiger partial charge in [0.1, 0.15) is 0 Å². The fraction of sp³-hybridized carbons (Fsp3) is 0.462. The molecule has 7 heteroatoms. The zero-order chi connectivity index (χ0) is 14.8. The summed E-state index contributed by atoms with van der Waals surface area (Å²) in [6.45, 7) is 1.44. The lowest BCUT2D eigenvalue weighted by molar-refractivity contribution is -0.138.